The van der Waals surface area contributed by atoms with Crippen molar-refractivity contribution in [1.29, 1.82) is 0 Å². The van der Waals surface area contributed by atoms with Gasteiger partial charge in [-0.3, -0.25) is 14.9 Å². The minimum absolute atomic E-state index is 0.118. The van der Waals surface area contributed by atoms with Crippen molar-refractivity contribution in [3.63, 3.8) is 0 Å². The van der Waals surface area contributed by atoms with Gasteiger partial charge < -0.3 is 10.5 Å². The van der Waals surface area contributed by atoms with Crippen LogP contribution in [0.1, 0.15) is 5.69 Å². The van der Waals surface area contributed by atoms with Crippen LogP contribution < -0.4 is 15.8 Å². The number of carbonyl (C=O) groups excluding carboxylic acids is 2. The van der Waals surface area contributed by atoms with Gasteiger partial charge in [0.1, 0.15) is 5.75 Å². The third-order valence-corrected chi connectivity index (χ3v) is 4.52. The number of benzene rings is 1. The number of rotatable bonds is 8. The Morgan fingerprint density at radius 1 is 1.35 bits per heavy atom. The summed E-state index contributed by atoms with van der Waals surface area (Å²) in [5.74, 6) is 0.709. The molecule has 23 heavy (non-hydrogen) atoms. The highest BCUT2D eigenvalue weighted by atomic mass is 35.5. The lowest BCUT2D eigenvalue weighted by atomic mass is 10.3. The Bertz CT molecular complexity index is 676. The maximum Gasteiger partial charge on any atom is 0.264 e. The van der Waals surface area contributed by atoms with Gasteiger partial charge in [-0.25, -0.2) is 4.98 Å². The molecule has 2 aromatic rings. The molecule has 0 spiro atoms. The fraction of sp³-hybridized carbons (Fsp3) is 0.214. The first kappa shape index (κ1) is 17.6. The van der Waals surface area contributed by atoms with E-state index in [9.17, 15) is 9.59 Å². The summed E-state index contributed by atoms with van der Waals surface area (Å²) in [6.45, 7) is -0.118. The van der Waals surface area contributed by atoms with Crippen LogP contribution in [0.15, 0.2) is 29.6 Å². The van der Waals surface area contributed by atoms with Crippen molar-refractivity contribution in [3.8, 4) is 5.75 Å². The number of thiazole rings is 1. The Balaban J connectivity index is 1.75. The van der Waals surface area contributed by atoms with E-state index in [1.165, 1.54) is 23.1 Å². The number of thioether (sulfide) groups is 1. The van der Waals surface area contributed by atoms with Gasteiger partial charge in [-0.15, -0.1) is 23.1 Å². The van der Waals surface area contributed by atoms with E-state index >= 15 is 0 Å². The molecule has 1 heterocycles. The van der Waals surface area contributed by atoms with Crippen molar-refractivity contribution in [2.45, 2.75) is 5.75 Å². The monoisotopic (exact) mass is 371 g/mol. The van der Waals surface area contributed by atoms with E-state index in [1.54, 1.807) is 24.3 Å². The number of nitrogens with one attached hydrogen (secondary N) is 1. The van der Waals surface area contributed by atoms with Gasteiger partial charge in [-0.05, 0) is 24.3 Å². The first-order chi connectivity index (χ1) is 11.0. The Hall–Kier alpha value is -1.77. The normalized spacial score (nSPS) is 10.3. The van der Waals surface area contributed by atoms with Gasteiger partial charge in [0.25, 0.3) is 5.91 Å². The standard InChI is InChI=1S/C14H14ClN3O3S2/c15-9-1-3-11(4-2-9)21-5-13(20)18-14-17-10(7-23-14)6-22-8-12(16)19/h1-4,7H,5-6,8H2,(H2,16,19)(H,17,18,20). The average molecular weight is 372 g/mol. The lowest BCUT2D eigenvalue weighted by molar-refractivity contribution is -0.118. The van der Waals surface area contributed by atoms with Gasteiger partial charge in [0.05, 0.1) is 11.4 Å². The maximum absolute atomic E-state index is 11.8. The zero-order valence-electron chi connectivity index (χ0n) is 12.0. The van der Waals surface area contributed by atoms with E-state index in [4.69, 9.17) is 22.1 Å². The fourth-order valence-corrected chi connectivity index (χ4v) is 3.14. The first-order valence-corrected chi connectivity index (χ1v) is 8.93. The van der Waals surface area contributed by atoms with Crippen LogP contribution in [0, 0.1) is 0 Å². The van der Waals surface area contributed by atoms with Crippen LogP contribution in [-0.4, -0.2) is 29.2 Å². The smallest absolute Gasteiger partial charge is 0.264 e. The van der Waals surface area contributed by atoms with Crippen LogP contribution in [0.25, 0.3) is 0 Å². The molecule has 0 aliphatic heterocycles. The number of hydrogen-bond donors (Lipinski definition) is 2. The number of nitrogens with two attached hydrogens (primary N) is 1. The summed E-state index contributed by atoms with van der Waals surface area (Å²) in [5.41, 5.74) is 5.85. The number of nitrogens with zero attached hydrogens (tertiary/aromatic N) is 1. The molecule has 0 radical (unpaired) electrons. The maximum atomic E-state index is 11.8. The second-order valence-electron chi connectivity index (χ2n) is 4.39. The molecule has 0 saturated heterocycles. The summed E-state index contributed by atoms with van der Waals surface area (Å²) < 4.78 is 5.34. The topological polar surface area (TPSA) is 94.3 Å². The quantitative estimate of drug-likeness (QED) is 0.743. The van der Waals surface area contributed by atoms with Crippen LogP contribution >= 0.6 is 34.7 Å². The molecule has 0 bridgehead atoms. The summed E-state index contributed by atoms with van der Waals surface area (Å²) in [5, 5.41) is 5.58. The van der Waals surface area contributed by atoms with Crippen LogP contribution in [0.5, 0.6) is 5.75 Å². The van der Waals surface area contributed by atoms with E-state index in [-0.39, 0.29) is 24.2 Å². The Morgan fingerprint density at radius 2 is 2.09 bits per heavy atom. The zero-order valence-corrected chi connectivity index (χ0v) is 14.3. The minimum atomic E-state index is -0.363. The molecule has 2 amide bonds. The summed E-state index contributed by atoms with van der Waals surface area (Å²) in [4.78, 5) is 26.7. The third kappa shape index (κ3) is 6.47. The predicted molar refractivity (Wildman–Crippen MR) is 93.0 cm³/mol. The number of anilines is 1. The fourth-order valence-electron chi connectivity index (χ4n) is 1.52. The largest absolute Gasteiger partial charge is 0.484 e. The van der Waals surface area contributed by atoms with Gasteiger partial charge in [0, 0.05) is 16.2 Å². The number of ether oxygens (including phenoxy) is 1. The summed E-state index contributed by atoms with van der Waals surface area (Å²) >= 11 is 8.46. The van der Waals surface area contributed by atoms with Crippen molar-refractivity contribution >= 4 is 51.6 Å². The predicted octanol–water partition coefficient (Wildman–Crippen LogP) is 2.53. The number of hydrogen-bond acceptors (Lipinski definition) is 6. The molecule has 0 aliphatic rings. The molecule has 9 heteroatoms. The summed E-state index contributed by atoms with van der Waals surface area (Å²) in [6.07, 6.45) is 0. The second kappa shape index (κ2) is 8.76. The van der Waals surface area contributed by atoms with Gasteiger partial charge in [0.2, 0.25) is 5.91 Å². The van der Waals surface area contributed by atoms with Crippen LogP contribution in [0.4, 0.5) is 5.13 Å². The van der Waals surface area contributed by atoms with E-state index in [1.807, 2.05) is 5.38 Å². The van der Waals surface area contributed by atoms with Crippen LogP contribution in [0.2, 0.25) is 5.02 Å². The molecule has 1 aromatic heterocycles. The van der Waals surface area contributed by atoms with Gasteiger partial charge in [0.15, 0.2) is 11.7 Å². The first-order valence-electron chi connectivity index (χ1n) is 6.51. The molecule has 0 atom stereocenters. The molecule has 0 unspecified atom stereocenters. The summed E-state index contributed by atoms with van der Waals surface area (Å²) in [7, 11) is 0. The molecule has 3 N–H and O–H groups in total. The van der Waals surface area contributed by atoms with Crippen LogP contribution in [-0.2, 0) is 15.3 Å². The SMILES string of the molecule is NC(=O)CSCc1csc(NC(=O)COc2ccc(Cl)cc2)n1. The zero-order chi connectivity index (χ0) is 16.7. The molecule has 6 nitrogen and oxygen atoms in total. The lowest BCUT2D eigenvalue weighted by Gasteiger charge is -2.05. The van der Waals surface area contributed by atoms with Crippen molar-refractivity contribution in [3.05, 3.63) is 40.4 Å². The Labute approximate surface area is 146 Å². The van der Waals surface area contributed by atoms with E-state index in [0.717, 1.165) is 5.69 Å². The highest BCUT2D eigenvalue weighted by Gasteiger charge is 2.08. The third-order valence-electron chi connectivity index (χ3n) is 2.48. The molecular weight excluding hydrogens is 358 g/mol. The van der Waals surface area contributed by atoms with Gasteiger partial charge >= 0.3 is 0 Å². The number of halogens is 1. The molecular formula is C14H14ClN3O3S2. The van der Waals surface area contributed by atoms with E-state index in [0.29, 0.717) is 21.7 Å². The molecule has 0 saturated carbocycles. The van der Waals surface area contributed by atoms with Crippen molar-refractivity contribution < 1.29 is 14.3 Å². The van der Waals surface area contributed by atoms with Crippen molar-refractivity contribution in [2.24, 2.45) is 5.73 Å². The minimum Gasteiger partial charge on any atom is -0.484 e. The van der Waals surface area contributed by atoms with Gasteiger partial charge in [-0.1, -0.05) is 11.6 Å². The van der Waals surface area contributed by atoms with Crippen LogP contribution in [0.3, 0.4) is 0 Å². The molecule has 0 fully saturated rings. The summed E-state index contributed by atoms with van der Waals surface area (Å²) in [6, 6.07) is 6.75. The number of amides is 2. The van der Waals surface area contributed by atoms with E-state index < -0.39 is 0 Å². The highest BCUT2D eigenvalue weighted by Crippen LogP contribution is 2.20. The average Bonchev–Trinajstić information content (AvgIpc) is 2.94. The van der Waals surface area contributed by atoms with E-state index in [2.05, 4.69) is 10.3 Å². The molecule has 0 aliphatic carbocycles. The van der Waals surface area contributed by atoms with Gasteiger partial charge in [-0.2, -0.15) is 0 Å². The molecule has 122 valence electrons. The Kier molecular flexibility index (Phi) is 6.69. The number of aromatic nitrogens is 1. The highest BCUT2D eigenvalue weighted by molar-refractivity contribution is 7.99. The van der Waals surface area contributed by atoms with Crippen molar-refractivity contribution in [1.82, 2.24) is 4.98 Å². The number of primary amides is 1. The second-order valence-corrected chi connectivity index (χ2v) is 6.67. The lowest BCUT2D eigenvalue weighted by Crippen LogP contribution is -2.20. The van der Waals surface area contributed by atoms with Crippen molar-refractivity contribution in [2.75, 3.05) is 17.7 Å². The number of carbonyl (C=O) groups is 2. The molecule has 2 rings (SSSR count). The molecule has 1 aromatic carbocycles. The Morgan fingerprint density at radius 3 is 2.78 bits per heavy atom.